The highest BCUT2D eigenvalue weighted by Crippen LogP contribution is 2.17. The van der Waals surface area contributed by atoms with Crippen molar-refractivity contribution >= 4 is 46.2 Å². The molecule has 0 saturated heterocycles. The Labute approximate surface area is 164 Å². The van der Waals surface area contributed by atoms with Crippen molar-refractivity contribution in [3.63, 3.8) is 0 Å². The standard InChI is InChI=1S/C19H15IN2O4/c1-25-15-8-6-13(7-9-15)10-14(11-21)19(24)26-12-18(23)22-17-5-3-2-4-16(17)20/h2-10H,12H2,1H3,(H,22,23)/b14-10+. The van der Waals surface area contributed by atoms with E-state index in [-0.39, 0.29) is 5.57 Å². The number of para-hydroxylation sites is 1. The zero-order valence-electron chi connectivity index (χ0n) is 13.9. The van der Waals surface area contributed by atoms with Crippen LogP contribution in [0.5, 0.6) is 5.75 Å². The van der Waals surface area contributed by atoms with Gasteiger partial charge < -0.3 is 14.8 Å². The summed E-state index contributed by atoms with van der Waals surface area (Å²) in [5.74, 6) is -0.680. The van der Waals surface area contributed by atoms with E-state index in [4.69, 9.17) is 14.7 Å². The number of nitrogens with one attached hydrogen (secondary N) is 1. The summed E-state index contributed by atoms with van der Waals surface area (Å²) in [6.45, 7) is -0.481. The lowest BCUT2D eigenvalue weighted by molar-refractivity contribution is -0.142. The minimum absolute atomic E-state index is 0.197. The minimum atomic E-state index is -0.860. The minimum Gasteiger partial charge on any atom is -0.497 e. The third kappa shape index (κ3) is 5.60. The van der Waals surface area contributed by atoms with Gasteiger partial charge in [-0.25, -0.2) is 4.79 Å². The van der Waals surface area contributed by atoms with E-state index in [1.165, 1.54) is 6.08 Å². The molecule has 6 nitrogen and oxygen atoms in total. The largest absolute Gasteiger partial charge is 0.497 e. The predicted molar refractivity (Wildman–Crippen MR) is 105 cm³/mol. The molecule has 0 aliphatic carbocycles. The van der Waals surface area contributed by atoms with Crippen LogP contribution in [0.25, 0.3) is 6.08 Å². The van der Waals surface area contributed by atoms with Crippen LogP contribution in [-0.2, 0) is 14.3 Å². The Morgan fingerprint density at radius 1 is 1.19 bits per heavy atom. The quantitative estimate of drug-likeness (QED) is 0.308. The SMILES string of the molecule is COc1ccc(/C=C(\C#N)C(=O)OCC(=O)Nc2ccccc2I)cc1. The summed E-state index contributed by atoms with van der Waals surface area (Å²) < 4.78 is 10.8. The summed E-state index contributed by atoms with van der Waals surface area (Å²) in [5, 5.41) is 11.8. The average molecular weight is 462 g/mol. The van der Waals surface area contributed by atoms with Crippen LogP contribution in [0.1, 0.15) is 5.56 Å². The van der Waals surface area contributed by atoms with Gasteiger partial charge in [0.1, 0.15) is 17.4 Å². The van der Waals surface area contributed by atoms with Crippen molar-refractivity contribution in [2.75, 3.05) is 19.0 Å². The molecule has 0 saturated carbocycles. The molecule has 0 aliphatic heterocycles. The fourth-order valence-corrected chi connectivity index (χ4v) is 2.48. The number of nitrogens with zero attached hydrogens (tertiary/aromatic N) is 1. The number of anilines is 1. The van der Waals surface area contributed by atoms with E-state index < -0.39 is 18.5 Å². The third-order valence-electron chi connectivity index (χ3n) is 3.25. The molecule has 1 N–H and O–H groups in total. The molecule has 0 spiro atoms. The van der Waals surface area contributed by atoms with Crippen LogP contribution in [0, 0.1) is 14.9 Å². The average Bonchev–Trinajstić information content (AvgIpc) is 2.66. The second kappa shape index (κ2) is 9.58. The predicted octanol–water partition coefficient (Wildman–Crippen LogP) is 3.39. The molecule has 2 rings (SSSR count). The molecule has 0 atom stereocenters. The Balaban J connectivity index is 1.96. The molecular weight excluding hydrogens is 447 g/mol. The molecule has 0 aromatic heterocycles. The van der Waals surface area contributed by atoms with Gasteiger partial charge in [0.05, 0.1) is 12.8 Å². The fourth-order valence-electron chi connectivity index (χ4n) is 1.96. The van der Waals surface area contributed by atoms with Crippen molar-refractivity contribution < 1.29 is 19.1 Å². The van der Waals surface area contributed by atoms with Gasteiger partial charge in [-0.3, -0.25) is 4.79 Å². The van der Waals surface area contributed by atoms with Crippen molar-refractivity contribution in [3.05, 3.63) is 63.2 Å². The number of methoxy groups -OCH3 is 1. The van der Waals surface area contributed by atoms with Gasteiger partial charge in [0.15, 0.2) is 6.61 Å². The molecule has 7 heteroatoms. The molecule has 132 valence electrons. The van der Waals surface area contributed by atoms with Crippen LogP contribution in [0.15, 0.2) is 54.1 Å². The lowest BCUT2D eigenvalue weighted by Crippen LogP contribution is -2.21. The molecule has 0 bridgehead atoms. The number of hydrogen-bond acceptors (Lipinski definition) is 5. The highest BCUT2D eigenvalue weighted by Gasteiger charge is 2.14. The molecule has 0 fully saturated rings. The molecular formula is C19H15IN2O4. The van der Waals surface area contributed by atoms with E-state index in [0.29, 0.717) is 17.0 Å². The molecule has 0 aliphatic rings. The van der Waals surface area contributed by atoms with Gasteiger partial charge in [0.25, 0.3) is 5.91 Å². The summed E-state index contributed by atoms with van der Waals surface area (Å²) in [4.78, 5) is 23.9. The topological polar surface area (TPSA) is 88.4 Å². The molecule has 0 heterocycles. The number of nitriles is 1. The first kappa shape index (κ1) is 19.5. The van der Waals surface area contributed by atoms with Crippen molar-refractivity contribution in [3.8, 4) is 11.8 Å². The highest BCUT2D eigenvalue weighted by atomic mass is 127. The van der Waals surface area contributed by atoms with Crippen LogP contribution >= 0.6 is 22.6 Å². The zero-order valence-corrected chi connectivity index (χ0v) is 16.0. The summed E-state index contributed by atoms with van der Waals surface area (Å²) in [6, 6.07) is 15.8. The van der Waals surface area contributed by atoms with Gasteiger partial charge in [0, 0.05) is 3.57 Å². The number of carbonyl (C=O) groups excluding carboxylic acids is 2. The van der Waals surface area contributed by atoms with Gasteiger partial charge in [-0.15, -0.1) is 0 Å². The first-order chi connectivity index (χ1) is 12.5. The zero-order chi connectivity index (χ0) is 18.9. The summed E-state index contributed by atoms with van der Waals surface area (Å²) in [5.41, 5.74) is 1.07. The monoisotopic (exact) mass is 462 g/mol. The summed E-state index contributed by atoms with van der Waals surface area (Å²) in [6.07, 6.45) is 1.39. The highest BCUT2D eigenvalue weighted by molar-refractivity contribution is 14.1. The third-order valence-corrected chi connectivity index (χ3v) is 4.19. The Hall–Kier alpha value is -2.86. The lowest BCUT2D eigenvalue weighted by atomic mass is 10.1. The smallest absolute Gasteiger partial charge is 0.349 e. The van der Waals surface area contributed by atoms with Gasteiger partial charge in [0.2, 0.25) is 0 Å². The van der Waals surface area contributed by atoms with Gasteiger partial charge in [-0.05, 0) is 58.5 Å². The number of amides is 1. The normalized spacial score (nSPS) is 10.6. The van der Waals surface area contributed by atoms with Crippen molar-refractivity contribution in [1.82, 2.24) is 0 Å². The number of rotatable bonds is 6. The van der Waals surface area contributed by atoms with Crippen molar-refractivity contribution in [2.24, 2.45) is 0 Å². The number of hydrogen-bond donors (Lipinski definition) is 1. The van der Waals surface area contributed by atoms with Crippen molar-refractivity contribution in [1.29, 1.82) is 5.26 Å². The molecule has 2 aromatic carbocycles. The molecule has 0 unspecified atom stereocenters. The summed E-state index contributed by atoms with van der Waals surface area (Å²) >= 11 is 2.09. The van der Waals surface area contributed by atoms with E-state index >= 15 is 0 Å². The lowest BCUT2D eigenvalue weighted by Gasteiger charge is -2.07. The number of esters is 1. The van der Waals surface area contributed by atoms with Crippen LogP contribution in [0.3, 0.4) is 0 Å². The van der Waals surface area contributed by atoms with E-state index in [1.54, 1.807) is 49.6 Å². The van der Waals surface area contributed by atoms with E-state index in [1.807, 2.05) is 12.1 Å². The first-order valence-electron chi connectivity index (χ1n) is 7.51. The molecule has 26 heavy (non-hydrogen) atoms. The maximum Gasteiger partial charge on any atom is 0.349 e. The molecule has 2 aromatic rings. The second-order valence-electron chi connectivity index (χ2n) is 5.05. The molecule has 1 amide bonds. The Kier molecular flexibility index (Phi) is 7.17. The Bertz CT molecular complexity index is 870. The maximum atomic E-state index is 12.0. The number of halogens is 1. The van der Waals surface area contributed by atoms with E-state index in [9.17, 15) is 9.59 Å². The number of carbonyl (C=O) groups is 2. The van der Waals surface area contributed by atoms with Gasteiger partial charge in [-0.2, -0.15) is 5.26 Å². The van der Waals surface area contributed by atoms with E-state index in [0.717, 1.165) is 3.57 Å². The fraction of sp³-hybridized carbons (Fsp3) is 0.105. The van der Waals surface area contributed by atoms with Crippen LogP contribution < -0.4 is 10.1 Å². The summed E-state index contributed by atoms with van der Waals surface area (Å²) in [7, 11) is 1.55. The Morgan fingerprint density at radius 2 is 1.88 bits per heavy atom. The van der Waals surface area contributed by atoms with Gasteiger partial charge >= 0.3 is 5.97 Å². The van der Waals surface area contributed by atoms with Crippen LogP contribution in [-0.4, -0.2) is 25.6 Å². The molecule has 0 radical (unpaired) electrons. The maximum absolute atomic E-state index is 12.0. The Morgan fingerprint density at radius 3 is 2.50 bits per heavy atom. The van der Waals surface area contributed by atoms with Crippen molar-refractivity contribution in [2.45, 2.75) is 0 Å². The van der Waals surface area contributed by atoms with Crippen LogP contribution in [0.2, 0.25) is 0 Å². The van der Waals surface area contributed by atoms with E-state index in [2.05, 4.69) is 27.9 Å². The van der Waals surface area contributed by atoms with Gasteiger partial charge in [-0.1, -0.05) is 24.3 Å². The number of ether oxygens (including phenoxy) is 2. The first-order valence-corrected chi connectivity index (χ1v) is 8.58. The van der Waals surface area contributed by atoms with Crippen LogP contribution in [0.4, 0.5) is 5.69 Å². The number of benzene rings is 2. The second-order valence-corrected chi connectivity index (χ2v) is 6.21.